The summed E-state index contributed by atoms with van der Waals surface area (Å²) in [7, 11) is 0. The monoisotopic (exact) mass is 177 g/mol. The van der Waals surface area contributed by atoms with Gasteiger partial charge in [0.25, 0.3) is 0 Å². The molecule has 3 nitrogen and oxygen atoms in total. The van der Waals surface area contributed by atoms with E-state index in [0.717, 1.165) is 0 Å². The molecule has 0 aromatic heterocycles. The van der Waals surface area contributed by atoms with E-state index < -0.39 is 0 Å². The van der Waals surface area contributed by atoms with E-state index in [4.69, 9.17) is 16.3 Å². The summed E-state index contributed by atoms with van der Waals surface area (Å²) in [6, 6.07) is 0. The summed E-state index contributed by atoms with van der Waals surface area (Å²) in [5.74, 6) is 0.152. The second-order valence-corrected chi connectivity index (χ2v) is 2.96. The second kappa shape index (κ2) is 3.93. The van der Waals surface area contributed by atoms with Crippen molar-refractivity contribution in [2.75, 3.05) is 19.7 Å². The molecule has 64 valence electrons. The molecule has 1 atom stereocenters. The van der Waals surface area contributed by atoms with Crippen LogP contribution in [-0.2, 0) is 9.53 Å². The zero-order valence-corrected chi connectivity index (χ0v) is 7.30. The summed E-state index contributed by atoms with van der Waals surface area (Å²) in [6.07, 6.45) is 0.545. The summed E-state index contributed by atoms with van der Waals surface area (Å²) in [5, 5.41) is 0. The number of hydrogen-bond acceptors (Lipinski definition) is 2. The molecule has 1 aliphatic rings. The third kappa shape index (κ3) is 2.34. The lowest BCUT2D eigenvalue weighted by molar-refractivity contribution is -0.135. The first-order valence-corrected chi connectivity index (χ1v) is 4.21. The number of ether oxygens (including phenoxy) is 1. The van der Waals surface area contributed by atoms with Gasteiger partial charge < -0.3 is 9.64 Å². The molecule has 1 rings (SSSR count). The van der Waals surface area contributed by atoms with Gasteiger partial charge in [0.05, 0.1) is 13.2 Å². The minimum atomic E-state index is -0.320. The van der Waals surface area contributed by atoms with E-state index in [0.29, 0.717) is 26.1 Å². The van der Waals surface area contributed by atoms with Gasteiger partial charge in [-0.3, -0.25) is 4.79 Å². The fourth-order valence-electron chi connectivity index (χ4n) is 1.06. The first-order valence-electron chi connectivity index (χ1n) is 3.77. The Labute approximate surface area is 71.3 Å². The smallest absolute Gasteiger partial charge is 0.222 e. The van der Waals surface area contributed by atoms with Crippen LogP contribution in [-0.4, -0.2) is 36.1 Å². The lowest BCUT2D eigenvalue weighted by Crippen LogP contribution is -2.43. The van der Waals surface area contributed by atoms with Crippen molar-refractivity contribution < 1.29 is 9.53 Å². The molecule has 1 amide bonds. The molecule has 0 aromatic carbocycles. The zero-order chi connectivity index (χ0) is 8.27. The molecule has 1 saturated heterocycles. The van der Waals surface area contributed by atoms with Gasteiger partial charge in [0.1, 0.15) is 5.56 Å². The maximum Gasteiger partial charge on any atom is 0.222 e. The summed E-state index contributed by atoms with van der Waals surface area (Å²) >= 11 is 5.70. The van der Waals surface area contributed by atoms with Crippen molar-refractivity contribution in [1.82, 2.24) is 4.90 Å². The first-order chi connectivity index (χ1) is 5.24. The molecule has 1 heterocycles. The van der Waals surface area contributed by atoms with Crippen molar-refractivity contribution >= 4 is 17.5 Å². The Kier molecular flexibility index (Phi) is 3.15. The van der Waals surface area contributed by atoms with Crippen LogP contribution in [0.15, 0.2) is 0 Å². The Bertz CT molecular complexity index is 151. The number of carbonyl (C=O) groups is 1. The van der Waals surface area contributed by atoms with Crippen LogP contribution in [0.5, 0.6) is 0 Å². The fraction of sp³-hybridized carbons (Fsp3) is 0.857. The van der Waals surface area contributed by atoms with Gasteiger partial charge in [-0.25, -0.2) is 0 Å². The SMILES string of the molecule is CCC(=O)N1CCOC(Cl)C1. The minimum Gasteiger partial charge on any atom is -0.359 e. The predicted molar refractivity (Wildman–Crippen MR) is 42.5 cm³/mol. The number of amides is 1. The van der Waals surface area contributed by atoms with E-state index in [-0.39, 0.29) is 11.5 Å². The van der Waals surface area contributed by atoms with Gasteiger partial charge in [-0.1, -0.05) is 18.5 Å². The Morgan fingerprint density at radius 2 is 2.55 bits per heavy atom. The van der Waals surface area contributed by atoms with E-state index in [1.165, 1.54) is 0 Å². The highest BCUT2D eigenvalue weighted by molar-refractivity contribution is 6.20. The molecule has 0 spiro atoms. The lowest BCUT2D eigenvalue weighted by atomic mass is 10.3. The van der Waals surface area contributed by atoms with Crippen LogP contribution in [0.25, 0.3) is 0 Å². The number of hydrogen-bond donors (Lipinski definition) is 0. The molecule has 1 fully saturated rings. The number of alkyl halides is 1. The van der Waals surface area contributed by atoms with Crippen molar-refractivity contribution in [3.8, 4) is 0 Å². The number of carbonyl (C=O) groups excluding carboxylic acids is 1. The zero-order valence-electron chi connectivity index (χ0n) is 6.55. The van der Waals surface area contributed by atoms with E-state index in [1.807, 2.05) is 6.92 Å². The summed E-state index contributed by atoms with van der Waals surface area (Å²) in [6.45, 7) is 3.60. The first kappa shape index (κ1) is 8.81. The molecule has 0 bridgehead atoms. The average molecular weight is 178 g/mol. The third-order valence-corrected chi connectivity index (χ3v) is 1.94. The van der Waals surface area contributed by atoms with Gasteiger partial charge in [0.2, 0.25) is 5.91 Å². The maximum absolute atomic E-state index is 11.1. The third-order valence-electron chi connectivity index (χ3n) is 1.68. The summed E-state index contributed by atoms with van der Waals surface area (Å²) in [5.41, 5.74) is -0.320. The molecule has 1 unspecified atom stereocenters. The summed E-state index contributed by atoms with van der Waals surface area (Å²) in [4.78, 5) is 12.9. The molecular weight excluding hydrogens is 166 g/mol. The predicted octanol–water partition coefficient (Wildman–Crippen LogP) is 0.820. The van der Waals surface area contributed by atoms with E-state index in [2.05, 4.69) is 0 Å². The van der Waals surface area contributed by atoms with Crippen LogP contribution >= 0.6 is 11.6 Å². The number of halogens is 1. The molecule has 1 aliphatic heterocycles. The summed E-state index contributed by atoms with van der Waals surface area (Å²) < 4.78 is 5.07. The lowest BCUT2D eigenvalue weighted by Gasteiger charge is -2.29. The van der Waals surface area contributed by atoms with Crippen LogP contribution in [0.3, 0.4) is 0 Å². The highest BCUT2D eigenvalue weighted by Gasteiger charge is 2.20. The molecule has 0 aliphatic carbocycles. The maximum atomic E-state index is 11.1. The largest absolute Gasteiger partial charge is 0.359 e. The molecule has 0 saturated carbocycles. The van der Waals surface area contributed by atoms with Crippen LogP contribution in [0, 0.1) is 0 Å². The Morgan fingerprint density at radius 1 is 1.82 bits per heavy atom. The average Bonchev–Trinajstić information content (AvgIpc) is 2.03. The van der Waals surface area contributed by atoms with E-state index >= 15 is 0 Å². The van der Waals surface area contributed by atoms with Crippen LogP contribution in [0.2, 0.25) is 0 Å². The minimum absolute atomic E-state index is 0.152. The highest BCUT2D eigenvalue weighted by atomic mass is 35.5. The van der Waals surface area contributed by atoms with Gasteiger partial charge >= 0.3 is 0 Å². The van der Waals surface area contributed by atoms with Gasteiger partial charge in [-0.15, -0.1) is 0 Å². The molecule has 0 radical (unpaired) electrons. The van der Waals surface area contributed by atoms with Gasteiger partial charge in [-0.05, 0) is 0 Å². The number of morpholine rings is 1. The Morgan fingerprint density at radius 3 is 3.09 bits per heavy atom. The molecule has 11 heavy (non-hydrogen) atoms. The van der Waals surface area contributed by atoms with Crippen molar-refractivity contribution in [3.63, 3.8) is 0 Å². The van der Waals surface area contributed by atoms with Gasteiger partial charge in [0, 0.05) is 13.0 Å². The van der Waals surface area contributed by atoms with Crippen molar-refractivity contribution in [1.29, 1.82) is 0 Å². The normalized spacial score (nSPS) is 25.3. The van der Waals surface area contributed by atoms with Crippen molar-refractivity contribution in [2.24, 2.45) is 0 Å². The van der Waals surface area contributed by atoms with Crippen LogP contribution in [0.4, 0.5) is 0 Å². The Hall–Kier alpha value is -0.280. The van der Waals surface area contributed by atoms with E-state index in [9.17, 15) is 4.79 Å². The molecule has 0 aromatic rings. The second-order valence-electron chi connectivity index (χ2n) is 2.47. The van der Waals surface area contributed by atoms with Crippen molar-refractivity contribution in [2.45, 2.75) is 18.9 Å². The number of nitrogens with zero attached hydrogens (tertiary/aromatic N) is 1. The highest BCUT2D eigenvalue weighted by Crippen LogP contribution is 2.09. The van der Waals surface area contributed by atoms with Crippen LogP contribution < -0.4 is 0 Å². The van der Waals surface area contributed by atoms with Crippen LogP contribution in [0.1, 0.15) is 13.3 Å². The molecule has 4 heteroatoms. The van der Waals surface area contributed by atoms with Gasteiger partial charge in [0.15, 0.2) is 0 Å². The van der Waals surface area contributed by atoms with E-state index in [1.54, 1.807) is 4.90 Å². The standard InChI is InChI=1S/C7H12ClNO2/c1-2-7(10)9-3-4-11-6(8)5-9/h6H,2-5H2,1H3. The van der Waals surface area contributed by atoms with Crippen molar-refractivity contribution in [3.05, 3.63) is 0 Å². The topological polar surface area (TPSA) is 29.5 Å². The van der Waals surface area contributed by atoms with Gasteiger partial charge in [-0.2, -0.15) is 0 Å². The Balaban J connectivity index is 2.39. The number of rotatable bonds is 1. The quantitative estimate of drug-likeness (QED) is 0.555. The molecular formula is C7H12ClNO2. The fourth-order valence-corrected chi connectivity index (χ4v) is 1.31. The molecule has 0 N–H and O–H groups in total.